The number of aliphatic hydroxyl groups is 1. The van der Waals surface area contributed by atoms with Crippen molar-refractivity contribution in [3.63, 3.8) is 0 Å². The van der Waals surface area contributed by atoms with Crippen molar-refractivity contribution in [1.29, 1.82) is 0 Å². The number of carbonyl (C=O) groups is 1. The van der Waals surface area contributed by atoms with Gasteiger partial charge in [-0.1, -0.05) is 23.8 Å². The summed E-state index contributed by atoms with van der Waals surface area (Å²) in [5.74, 6) is -0.968. The van der Waals surface area contributed by atoms with Gasteiger partial charge in [-0.3, -0.25) is 4.79 Å². The van der Waals surface area contributed by atoms with Gasteiger partial charge in [-0.2, -0.15) is 0 Å². The van der Waals surface area contributed by atoms with E-state index in [9.17, 15) is 4.79 Å². The summed E-state index contributed by atoms with van der Waals surface area (Å²) in [5, 5.41) is 15.9. The van der Waals surface area contributed by atoms with Gasteiger partial charge in [0.05, 0.1) is 13.2 Å². The average molecular weight is 215 g/mol. The van der Waals surface area contributed by atoms with Crippen LogP contribution in [0.1, 0.15) is 13.8 Å². The van der Waals surface area contributed by atoms with E-state index in [0.717, 1.165) is 0 Å². The van der Waals surface area contributed by atoms with E-state index in [1.807, 2.05) is 26.0 Å². The first kappa shape index (κ1) is 19.2. The Morgan fingerprint density at radius 1 is 1.47 bits per heavy atom. The molecule has 88 valence electrons. The summed E-state index contributed by atoms with van der Waals surface area (Å²) in [7, 11) is 0. The zero-order valence-corrected chi connectivity index (χ0v) is 9.44. The van der Waals surface area contributed by atoms with Gasteiger partial charge in [0, 0.05) is 0 Å². The molecule has 0 saturated heterocycles. The zero-order chi connectivity index (χ0) is 12.7. The Morgan fingerprint density at radius 2 is 1.87 bits per heavy atom. The fourth-order valence-electron chi connectivity index (χ4n) is 0.335. The molecule has 0 aliphatic carbocycles. The first-order valence-electron chi connectivity index (χ1n) is 4.40. The molecular weight excluding hydrogens is 194 g/mol. The van der Waals surface area contributed by atoms with Gasteiger partial charge < -0.3 is 15.9 Å². The standard InChI is InChI=1S/C7H12O.C2H5NO2.C2H4/c1-3-7(2)5-4-6-8;3-1-2(4)5;1-2/h3-5,8H,6H2,1-2H3;1,3H2,(H,4,5);1-2H2/b5-4-,7-3-;;. The van der Waals surface area contributed by atoms with Crippen molar-refractivity contribution in [2.45, 2.75) is 13.8 Å². The van der Waals surface area contributed by atoms with Crippen LogP contribution >= 0.6 is 0 Å². The minimum absolute atomic E-state index is 0.130. The van der Waals surface area contributed by atoms with Gasteiger partial charge in [-0.15, -0.1) is 13.2 Å². The molecule has 0 unspecified atom stereocenters. The maximum atomic E-state index is 9.24. The molecular formula is C11H21NO3. The van der Waals surface area contributed by atoms with E-state index < -0.39 is 5.97 Å². The van der Waals surface area contributed by atoms with Crippen LogP contribution in [-0.2, 0) is 4.79 Å². The van der Waals surface area contributed by atoms with Crippen LogP contribution in [-0.4, -0.2) is 29.3 Å². The molecule has 0 aliphatic heterocycles. The second-order valence-corrected chi connectivity index (χ2v) is 2.22. The van der Waals surface area contributed by atoms with E-state index in [0.29, 0.717) is 0 Å². The SMILES string of the molecule is C/C=C(C)\C=C/CO.C=C.NCC(=O)O. The quantitative estimate of drug-likeness (QED) is 0.490. The zero-order valence-electron chi connectivity index (χ0n) is 9.44. The lowest BCUT2D eigenvalue weighted by Crippen LogP contribution is -2.10. The minimum atomic E-state index is -0.968. The minimum Gasteiger partial charge on any atom is -0.480 e. The highest BCUT2D eigenvalue weighted by Crippen LogP contribution is 1.91. The van der Waals surface area contributed by atoms with Gasteiger partial charge in [0.15, 0.2) is 0 Å². The topological polar surface area (TPSA) is 83.5 Å². The van der Waals surface area contributed by atoms with Crippen molar-refractivity contribution in [3.8, 4) is 0 Å². The van der Waals surface area contributed by atoms with Crippen molar-refractivity contribution in [2.75, 3.05) is 13.2 Å². The van der Waals surface area contributed by atoms with E-state index in [2.05, 4.69) is 18.9 Å². The molecule has 0 fully saturated rings. The van der Waals surface area contributed by atoms with Gasteiger partial charge in [0.1, 0.15) is 0 Å². The summed E-state index contributed by atoms with van der Waals surface area (Å²) in [6.45, 7) is 9.81. The summed E-state index contributed by atoms with van der Waals surface area (Å²) in [5.41, 5.74) is 5.75. The Bertz CT molecular complexity index is 198. The van der Waals surface area contributed by atoms with Crippen LogP contribution in [0.15, 0.2) is 37.0 Å². The van der Waals surface area contributed by atoms with Crippen molar-refractivity contribution < 1.29 is 15.0 Å². The molecule has 0 aliphatic rings. The Morgan fingerprint density at radius 3 is 2.07 bits per heavy atom. The molecule has 4 N–H and O–H groups in total. The van der Waals surface area contributed by atoms with E-state index in [4.69, 9.17) is 10.2 Å². The molecule has 4 heteroatoms. The summed E-state index contributed by atoms with van der Waals surface area (Å²) < 4.78 is 0. The number of hydrogen-bond acceptors (Lipinski definition) is 3. The molecule has 15 heavy (non-hydrogen) atoms. The third-order valence-corrected chi connectivity index (χ3v) is 1.12. The third kappa shape index (κ3) is 32.5. The molecule has 0 rings (SSSR count). The lowest BCUT2D eigenvalue weighted by atomic mass is 10.3. The predicted molar refractivity (Wildman–Crippen MR) is 63.6 cm³/mol. The van der Waals surface area contributed by atoms with Crippen LogP contribution in [0.4, 0.5) is 0 Å². The number of carboxylic acids is 1. The highest BCUT2D eigenvalue weighted by molar-refractivity contribution is 5.68. The highest BCUT2D eigenvalue weighted by Gasteiger charge is 1.81. The van der Waals surface area contributed by atoms with Gasteiger partial charge >= 0.3 is 5.97 Å². The maximum Gasteiger partial charge on any atom is 0.317 e. The first-order chi connectivity index (χ1) is 7.08. The summed E-state index contributed by atoms with van der Waals surface area (Å²) in [6.07, 6.45) is 5.60. The van der Waals surface area contributed by atoms with Gasteiger partial charge in [-0.25, -0.2) is 0 Å². The molecule has 0 bridgehead atoms. The van der Waals surface area contributed by atoms with Crippen LogP contribution < -0.4 is 5.73 Å². The van der Waals surface area contributed by atoms with E-state index in [1.165, 1.54) is 5.57 Å². The Labute approximate surface area is 91.4 Å². The van der Waals surface area contributed by atoms with E-state index in [-0.39, 0.29) is 13.2 Å². The maximum absolute atomic E-state index is 9.24. The molecule has 0 heterocycles. The summed E-state index contributed by atoms with van der Waals surface area (Å²) in [6, 6.07) is 0. The lowest BCUT2D eigenvalue weighted by molar-refractivity contribution is -0.135. The lowest BCUT2D eigenvalue weighted by Gasteiger charge is -1.83. The number of nitrogens with two attached hydrogens (primary N) is 1. The second-order valence-electron chi connectivity index (χ2n) is 2.22. The van der Waals surface area contributed by atoms with Gasteiger partial charge in [0.2, 0.25) is 0 Å². The summed E-state index contributed by atoms with van der Waals surface area (Å²) >= 11 is 0. The summed E-state index contributed by atoms with van der Waals surface area (Å²) in [4.78, 5) is 9.24. The first-order valence-corrected chi connectivity index (χ1v) is 4.40. The van der Waals surface area contributed by atoms with Crippen LogP contribution in [0.2, 0.25) is 0 Å². The van der Waals surface area contributed by atoms with Crippen LogP contribution in [0.3, 0.4) is 0 Å². The molecule has 0 radical (unpaired) electrons. The van der Waals surface area contributed by atoms with Crippen molar-refractivity contribution in [1.82, 2.24) is 0 Å². The number of aliphatic carboxylic acids is 1. The Balaban J connectivity index is -0.000000177. The molecule has 0 saturated carbocycles. The van der Waals surface area contributed by atoms with Gasteiger partial charge in [0.25, 0.3) is 0 Å². The molecule has 0 amide bonds. The number of aliphatic hydroxyl groups excluding tert-OH is 1. The largest absolute Gasteiger partial charge is 0.480 e. The molecule has 0 atom stereocenters. The highest BCUT2D eigenvalue weighted by atomic mass is 16.4. The molecule has 0 aromatic rings. The molecule has 4 nitrogen and oxygen atoms in total. The monoisotopic (exact) mass is 215 g/mol. The molecule has 0 aromatic carbocycles. The van der Waals surface area contributed by atoms with Crippen LogP contribution in [0.5, 0.6) is 0 Å². The smallest absolute Gasteiger partial charge is 0.317 e. The Kier molecular flexibility index (Phi) is 23.6. The van der Waals surface area contributed by atoms with E-state index in [1.54, 1.807) is 6.08 Å². The number of allylic oxidation sites excluding steroid dienone is 3. The van der Waals surface area contributed by atoms with Gasteiger partial charge in [-0.05, 0) is 13.8 Å². The number of hydrogen-bond donors (Lipinski definition) is 3. The van der Waals surface area contributed by atoms with Crippen molar-refractivity contribution in [2.24, 2.45) is 5.73 Å². The second kappa shape index (κ2) is 18.4. The van der Waals surface area contributed by atoms with Crippen LogP contribution in [0, 0.1) is 0 Å². The van der Waals surface area contributed by atoms with E-state index >= 15 is 0 Å². The molecule has 0 aromatic heterocycles. The van der Waals surface area contributed by atoms with Crippen molar-refractivity contribution >= 4 is 5.97 Å². The molecule has 0 spiro atoms. The fraction of sp³-hybridized carbons (Fsp3) is 0.364. The van der Waals surface area contributed by atoms with Crippen LogP contribution in [0.25, 0.3) is 0 Å². The van der Waals surface area contributed by atoms with Crippen molar-refractivity contribution in [3.05, 3.63) is 37.0 Å². The Hall–Kier alpha value is -1.39. The average Bonchev–Trinajstić information content (AvgIpc) is 2.29. The normalized spacial score (nSPS) is 9.73. The predicted octanol–water partition coefficient (Wildman–Crippen LogP) is 1.33. The number of carboxylic acid groups (broad SMARTS) is 1. The fourth-order valence-corrected chi connectivity index (χ4v) is 0.335. The number of rotatable bonds is 3. The third-order valence-electron chi connectivity index (χ3n) is 1.12.